The van der Waals surface area contributed by atoms with Gasteiger partial charge in [-0.2, -0.15) is 0 Å². The van der Waals surface area contributed by atoms with E-state index >= 15 is 0 Å². The fraction of sp³-hybridized carbons (Fsp3) is 0.800. The summed E-state index contributed by atoms with van der Waals surface area (Å²) in [6.45, 7) is 6.61. The van der Waals surface area contributed by atoms with Gasteiger partial charge >= 0.3 is 5.97 Å². The topological polar surface area (TPSA) is 77.9 Å². The molecule has 0 aromatic rings. The zero-order valence-corrected chi connectivity index (χ0v) is 12.9. The van der Waals surface area contributed by atoms with Crippen molar-refractivity contribution in [2.45, 2.75) is 52.1 Å². The molecule has 0 radical (unpaired) electrons. The molecule has 2 aliphatic rings. The van der Waals surface area contributed by atoms with Crippen LogP contribution in [0.5, 0.6) is 0 Å². The van der Waals surface area contributed by atoms with Crippen LogP contribution < -0.4 is 0 Å². The van der Waals surface area contributed by atoms with E-state index in [0.717, 1.165) is 12.8 Å². The minimum atomic E-state index is -0.944. The van der Waals surface area contributed by atoms with Crippen molar-refractivity contribution in [2.24, 2.45) is 11.8 Å². The third kappa shape index (κ3) is 3.04. The number of hydrogen-bond donors (Lipinski definition) is 1. The third-order valence-corrected chi connectivity index (χ3v) is 4.60. The highest BCUT2D eigenvalue weighted by Gasteiger charge is 2.43. The van der Waals surface area contributed by atoms with Crippen LogP contribution in [-0.4, -0.2) is 57.9 Å². The number of amides is 2. The average molecular weight is 296 g/mol. The van der Waals surface area contributed by atoms with Gasteiger partial charge in [0.25, 0.3) is 0 Å². The van der Waals surface area contributed by atoms with Crippen LogP contribution in [0.3, 0.4) is 0 Å². The van der Waals surface area contributed by atoms with Gasteiger partial charge in [-0.1, -0.05) is 6.92 Å². The molecule has 0 spiro atoms. The SMILES string of the molecule is CC1CCCN(C(=O)C2CC(=O)N(C(C)C)C2)C1C(=O)O. The van der Waals surface area contributed by atoms with Crippen LogP contribution in [0.25, 0.3) is 0 Å². The summed E-state index contributed by atoms with van der Waals surface area (Å²) in [5.41, 5.74) is 0. The number of carbonyl (C=O) groups excluding carboxylic acids is 2. The van der Waals surface area contributed by atoms with E-state index in [4.69, 9.17) is 0 Å². The fourth-order valence-corrected chi connectivity index (χ4v) is 3.44. The predicted octanol–water partition coefficient (Wildman–Crippen LogP) is 0.955. The van der Waals surface area contributed by atoms with Crippen molar-refractivity contribution in [3.8, 4) is 0 Å². The van der Waals surface area contributed by atoms with E-state index < -0.39 is 17.9 Å². The van der Waals surface area contributed by atoms with Gasteiger partial charge in [0.2, 0.25) is 11.8 Å². The normalized spacial score (nSPS) is 30.1. The van der Waals surface area contributed by atoms with Gasteiger partial charge in [0.05, 0.1) is 5.92 Å². The first kappa shape index (κ1) is 15.8. The number of aliphatic carboxylic acids is 1. The van der Waals surface area contributed by atoms with Gasteiger partial charge in [0.1, 0.15) is 6.04 Å². The first-order valence-corrected chi connectivity index (χ1v) is 7.65. The maximum absolute atomic E-state index is 12.7. The molecule has 0 aromatic carbocycles. The Balaban J connectivity index is 2.12. The Bertz CT molecular complexity index is 449. The minimum Gasteiger partial charge on any atom is -0.480 e. The van der Waals surface area contributed by atoms with Crippen molar-refractivity contribution in [3.63, 3.8) is 0 Å². The molecular weight excluding hydrogens is 272 g/mol. The van der Waals surface area contributed by atoms with Gasteiger partial charge in [-0.15, -0.1) is 0 Å². The summed E-state index contributed by atoms with van der Waals surface area (Å²) in [5, 5.41) is 9.39. The first-order chi connectivity index (χ1) is 9.82. The van der Waals surface area contributed by atoms with E-state index in [2.05, 4.69) is 0 Å². The van der Waals surface area contributed by atoms with Gasteiger partial charge in [0, 0.05) is 25.6 Å². The summed E-state index contributed by atoms with van der Waals surface area (Å²) in [6, 6.07) is -0.680. The lowest BCUT2D eigenvalue weighted by Gasteiger charge is -2.38. The van der Waals surface area contributed by atoms with Crippen LogP contribution in [0.15, 0.2) is 0 Å². The summed E-state index contributed by atoms with van der Waals surface area (Å²) < 4.78 is 0. The van der Waals surface area contributed by atoms with Crippen molar-refractivity contribution in [3.05, 3.63) is 0 Å². The molecule has 2 fully saturated rings. The highest BCUT2D eigenvalue weighted by Crippen LogP contribution is 2.28. The van der Waals surface area contributed by atoms with Crippen molar-refractivity contribution in [1.82, 2.24) is 9.80 Å². The highest BCUT2D eigenvalue weighted by atomic mass is 16.4. The second-order valence-corrected chi connectivity index (χ2v) is 6.48. The quantitative estimate of drug-likeness (QED) is 0.841. The predicted molar refractivity (Wildman–Crippen MR) is 76.5 cm³/mol. The Morgan fingerprint density at radius 3 is 2.52 bits per heavy atom. The average Bonchev–Trinajstić information content (AvgIpc) is 2.79. The lowest BCUT2D eigenvalue weighted by atomic mass is 9.89. The number of carboxylic acids is 1. The Morgan fingerprint density at radius 1 is 1.33 bits per heavy atom. The molecule has 2 saturated heterocycles. The van der Waals surface area contributed by atoms with Gasteiger partial charge in [0.15, 0.2) is 0 Å². The van der Waals surface area contributed by atoms with Crippen LogP contribution in [0.2, 0.25) is 0 Å². The Hall–Kier alpha value is -1.59. The maximum Gasteiger partial charge on any atom is 0.326 e. The van der Waals surface area contributed by atoms with Gasteiger partial charge in [-0.05, 0) is 32.6 Å². The zero-order chi connectivity index (χ0) is 15.7. The van der Waals surface area contributed by atoms with Crippen LogP contribution in [-0.2, 0) is 14.4 Å². The Labute approximate surface area is 125 Å². The third-order valence-electron chi connectivity index (χ3n) is 4.60. The van der Waals surface area contributed by atoms with Crippen LogP contribution in [0.4, 0.5) is 0 Å². The number of carbonyl (C=O) groups is 3. The van der Waals surface area contributed by atoms with Crippen molar-refractivity contribution < 1.29 is 19.5 Å². The molecule has 2 rings (SSSR count). The molecule has 0 aromatic heterocycles. The van der Waals surface area contributed by atoms with E-state index in [9.17, 15) is 19.5 Å². The number of piperidine rings is 1. The fourth-order valence-electron chi connectivity index (χ4n) is 3.44. The molecule has 2 heterocycles. The molecule has 0 aliphatic carbocycles. The van der Waals surface area contributed by atoms with Gasteiger partial charge in [-0.3, -0.25) is 9.59 Å². The summed E-state index contributed by atoms with van der Waals surface area (Å²) in [5.74, 6) is -1.57. The highest BCUT2D eigenvalue weighted by molar-refractivity contribution is 5.91. The number of nitrogens with zero attached hydrogens (tertiary/aromatic N) is 2. The minimum absolute atomic E-state index is 0.0136. The number of rotatable bonds is 3. The Kier molecular flexibility index (Phi) is 4.54. The van der Waals surface area contributed by atoms with Crippen LogP contribution in [0, 0.1) is 11.8 Å². The molecule has 118 valence electrons. The standard InChI is InChI=1S/C15H24N2O4/c1-9(2)17-8-11(7-12(17)18)14(19)16-6-4-5-10(3)13(16)15(20)21/h9-11,13H,4-8H2,1-3H3,(H,20,21). The van der Waals surface area contributed by atoms with E-state index in [1.165, 1.54) is 4.90 Å². The van der Waals surface area contributed by atoms with Crippen LogP contribution >= 0.6 is 0 Å². The van der Waals surface area contributed by atoms with Gasteiger partial charge < -0.3 is 14.9 Å². The molecule has 2 aliphatic heterocycles. The lowest BCUT2D eigenvalue weighted by Crippen LogP contribution is -2.53. The summed E-state index contributed by atoms with van der Waals surface area (Å²) in [4.78, 5) is 39.2. The Morgan fingerprint density at radius 2 is 2.00 bits per heavy atom. The summed E-state index contributed by atoms with van der Waals surface area (Å²) in [6.07, 6.45) is 1.85. The van der Waals surface area contributed by atoms with Gasteiger partial charge in [-0.25, -0.2) is 4.79 Å². The molecule has 1 N–H and O–H groups in total. The van der Waals surface area contributed by atoms with Crippen molar-refractivity contribution in [2.75, 3.05) is 13.1 Å². The molecule has 3 atom stereocenters. The van der Waals surface area contributed by atoms with Crippen molar-refractivity contribution in [1.29, 1.82) is 0 Å². The largest absolute Gasteiger partial charge is 0.480 e. The van der Waals surface area contributed by atoms with Crippen molar-refractivity contribution >= 4 is 17.8 Å². The van der Waals surface area contributed by atoms with E-state index in [1.807, 2.05) is 20.8 Å². The zero-order valence-electron chi connectivity index (χ0n) is 12.9. The molecule has 6 heteroatoms. The molecule has 21 heavy (non-hydrogen) atoms. The summed E-state index contributed by atoms with van der Waals surface area (Å²) >= 11 is 0. The smallest absolute Gasteiger partial charge is 0.326 e. The number of likely N-dealkylation sites (tertiary alicyclic amines) is 2. The number of hydrogen-bond acceptors (Lipinski definition) is 3. The molecule has 2 amide bonds. The monoisotopic (exact) mass is 296 g/mol. The maximum atomic E-state index is 12.7. The lowest BCUT2D eigenvalue weighted by molar-refractivity contribution is -0.156. The summed E-state index contributed by atoms with van der Waals surface area (Å²) in [7, 11) is 0. The van der Waals surface area contributed by atoms with Crippen LogP contribution in [0.1, 0.15) is 40.0 Å². The second-order valence-electron chi connectivity index (χ2n) is 6.48. The molecule has 3 unspecified atom stereocenters. The molecule has 0 saturated carbocycles. The number of carboxylic acid groups (broad SMARTS) is 1. The first-order valence-electron chi connectivity index (χ1n) is 7.65. The molecule has 0 bridgehead atoms. The molecular formula is C15H24N2O4. The van der Waals surface area contributed by atoms with E-state index in [1.54, 1.807) is 4.90 Å². The second kappa shape index (κ2) is 6.03. The molecule has 6 nitrogen and oxygen atoms in total. The van der Waals surface area contributed by atoms with E-state index in [-0.39, 0.29) is 30.2 Å². The van der Waals surface area contributed by atoms with E-state index in [0.29, 0.717) is 13.1 Å².